The molecule has 116 valence electrons. The van der Waals surface area contributed by atoms with Crippen molar-refractivity contribution in [3.63, 3.8) is 0 Å². The van der Waals surface area contributed by atoms with E-state index in [1.54, 1.807) is 6.20 Å². The van der Waals surface area contributed by atoms with E-state index in [0.29, 0.717) is 11.5 Å². The molecule has 0 spiro atoms. The van der Waals surface area contributed by atoms with Gasteiger partial charge in [-0.25, -0.2) is 0 Å². The highest BCUT2D eigenvalue weighted by Gasteiger charge is 2.23. The van der Waals surface area contributed by atoms with Crippen LogP contribution in [0.25, 0.3) is 0 Å². The van der Waals surface area contributed by atoms with Crippen molar-refractivity contribution < 1.29 is 5.11 Å². The van der Waals surface area contributed by atoms with Gasteiger partial charge in [-0.05, 0) is 25.5 Å². The summed E-state index contributed by atoms with van der Waals surface area (Å²) in [5.74, 6) is 0. The number of rotatable bonds is 5. The second kappa shape index (κ2) is 6.79. The molecule has 5 nitrogen and oxygen atoms in total. The molecule has 0 atom stereocenters. The third-order valence-corrected chi connectivity index (χ3v) is 3.79. The lowest BCUT2D eigenvalue weighted by atomic mass is 10.1. The molecule has 0 saturated carbocycles. The van der Waals surface area contributed by atoms with Gasteiger partial charge in [0.05, 0.1) is 5.60 Å². The van der Waals surface area contributed by atoms with E-state index in [2.05, 4.69) is 14.8 Å². The Morgan fingerprint density at radius 1 is 1.33 bits per heavy atom. The number of hydrogen-bond donors (Lipinski definition) is 2. The molecule has 1 aliphatic rings. The summed E-state index contributed by atoms with van der Waals surface area (Å²) in [4.78, 5) is 9.30. The van der Waals surface area contributed by atoms with Crippen LogP contribution in [-0.2, 0) is 6.54 Å². The molecule has 0 bridgehead atoms. The summed E-state index contributed by atoms with van der Waals surface area (Å²) in [6.07, 6.45) is 1.72. The largest absolute Gasteiger partial charge is 0.389 e. The van der Waals surface area contributed by atoms with Gasteiger partial charge in [0.25, 0.3) is 0 Å². The number of aliphatic hydroxyl groups is 1. The van der Waals surface area contributed by atoms with Crippen molar-refractivity contribution in [2.45, 2.75) is 26.0 Å². The lowest BCUT2D eigenvalue weighted by molar-refractivity contribution is 0.0166. The van der Waals surface area contributed by atoms with Gasteiger partial charge in [0.1, 0.15) is 10.7 Å². The number of pyridine rings is 1. The maximum absolute atomic E-state index is 9.88. The van der Waals surface area contributed by atoms with Gasteiger partial charge >= 0.3 is 0 Å². The summed E-state index contributed by atoms with van der Waals surface area (Å²) in [6, 6.07) is 3.95. The average Bonchev–Trinajstić information content (AvgIpc) is 2.40. The average molecular weight is 308 g/mol. The summed E-state index contributed by atoms with van der Waals surface area (Å²) in [6.45, 7) is 9.11. The zero-order chi connectivity index (χ0) is 15.5. The molecule has 2 heterocycles. The van der Waals surface area contributed by atoms with Crippen LogP contribution in [0.5, 0.6) is 0 Å². The van der Waals surface area contributed by atoms with E-state index < -0.39 is 5.60 Å². The number of nitrogens with two attached hydrogens (primary N) is 1. The standard InChI is InChI=1S/C15H24N4OS/c1-15(2,20)11-19-8-6-18(7-9-19)10-12-4-3-5-17-13(12)14(16)21/h3-5,20H,6-11H2,1-2H3,(H2,16,21). The van der Waals surface area contributed by atoms with Crippen LogP contribution in [-0.4, -0.2) is 63.2 Å². The Kier molecular flexibility index (Phi) is 5.27. The van der Waals surface area contributed by atoms with Crippen LogP contribution in [0.3, 0.4) is 0 Å². The van der Waals surface area contributed by atoms with E-state index in [1.807, 2.05) is 26.0 Å². The minimum absolute atomic E-state index is 0.353. The Morgan fingerprint density at radius 3 is 2.52 bits per heavy atom. The van der Waals surface area contributed by atoms with Crippen molar-refractivity contribution in [2.24, 2.45) is 5.73 Å². The molecule has 0 aromatic carbocycles. The molecule has 0 aliphatic carbocycles. The summed E-state index contributed by atoms with van der Waals surface area (Å²) >= 11 is 5.06. The maximum Gasteiger partial charge on any atom is 0.123 e. The molecule has 1 aromatic heterocycles. The monoisotopic (exact) mass is 308 g/mol. The number of hydrogen-bond acceptors (Lipinski definition) is 5. The number of aromatic nitrogens is 1. The first-order valence-corrected chi connectivity index (χ1v) is 7.67. The Bertz CT molecular complexity index is 493. The maximum atomic E-state index is 9.88. The fourth-order valence-electron chi connectivity index (χ4n) is 2.68. The van der Waals surface area contributed by atoms with Crippen molar-refractivity contribution in [2.75, 3.05) is 32.7 Å². The van der Waals surface area contributed by atoms with Crippen molar-refractivity contribution in [1.82, 2.24) is 14.8 Å². The Morgan fingerprint density at radius 2 is 1.95 bits per heavy atom. The zero-order valence-electron chi connectivity index (χ0n) is 12.7. The number of thiocarbonyl (C=S) groups is 1. The third-order valence-electron chi connectivity index (χ3n) is 3.59. The predicted octanol–water partition coefficient (Wildman–Crippen LogP) is 0.604. The number of piperazine rings is 1. The van der Waals surface area contributed by atoms with Crippen LogP contribution in [0.1, 0.15) is 25.1 Å². The summed E-state index contributed by atoms with van der Waals surface area (Å²) in [5, 5.41) is 9.88. The summed E-state index contributed by atoms with van der Waals surface area (Å²) in [7, 11) is 0. The first-order chi connectivity index (χ1) is 9.85. The predicted molar refractivity (Wildman–Crippen MR) is 88.1 cm³/mol. The fraction of sp³-hybridized carbons (Fsp3) is 0.600. The second-order valence-corrected chi connectivity index (χ2v) is 6.68. The molecule has 1 aromatic rings. The SMILES string of the molecule is CC(C)(O)CN1CCN(Cc2cccnc2C(N)=S)CC1. The van der Waals surface area contributed by atoms with E-state index in [9.17, 15) is 5.11 Å². The minimum atomic E-state index is -0.634. The topological polar surface area (TPSA) is 65.6 Å². The quantitative estimate of drug-likeness (QED) is 0.777. The second-order valence-electron chi connectivity index (χ2n) is 6.24. The zero-order valence-corrected chi connectivity index (χ0v) is 13.6. The highest BCUT2D eigenvalue weighted by atomic mass is 32.1. The highest BCUT2D eigenvalue weighted by Crippen LogP contribution is 2.13. The van der Waals surface area contributed by atoms with Crippen LogP contribution >= 0.6 is 12.2 Å². The van der Waals surface area contributed by atoms with Crippen molar-refractivity contribution >= 4 is 17.2 Å². The number of nitrogens with zero attached hydrogens (tertiary/aromatic N) is 3. The van der Waals surface area contributed by atoms with Crippen molar-refractivity contribution in [3.05, 3.63) is 29.6 Å². The fourth-order valence-corrected chi connectivity index (χ4v) is 2.87. The molecule has 3 N–H and O–H groups in total. The summed E-state index contributed by atoms with van der Waals surface area (Å²) in [5.41, 5.74) is 6.90. The molecular formula is C15H24N4OS. The van der Waals surface area contributed by atoms with E-state index in [0.717, 1.165) is 44.0 Å². The molecule has 0 unspecified atom stereocenters. The van der Waals surface area contributed by atoms with Gasteiger partial charge in [0, 0.05) is 45.5 Å². The molecule has 1 fully saturated rings. The van der Waals surface area contributed by atoms with Gasteiger partial charge in [-0.1, -0.05) is 18.3 Å². The van der Waals surface area contributed by atoms with Crippen LogP contribution in [0.2, 0.25) is 0 Å². The van der Waals surface area contributed by atoms with Gasteiger partial charge in [-0.3, -0.25) is 14.8 Å². The van der Waals surface area contributed by atoms with E-state index in [-0.39, 0.29) is 0 Å². The molecule has 6 heteroatoms. The Balaban J connectivity index is 1.91. The van der Waals surface area contributed by atoms with Gasteiger partial charge < -0.3 is 10.8 Å². The summed E-state index contributed by atoms with van der Waals surface area (Å²) < 4.78 is 0. The molecule has 2 rings (SSSR count). The highest BCUT2D eigenvalue weighted by molar-refractivity contribution is 7.80. The first kappa shape index (κ1) is 16.3. The Hall–Kier alpha value is -1.08. The molecule has 1 aliphatic heterocycles. The van der Waals surface area contributed by atoms with Gasteiger partial charge in [-0.2, -0.15) is 0 Å². The van der Waals surface area contributed by atoms with E-state index >= 15 is 0 Å². The van der Waals surface area contributed by atoms with Crippen LogP contribution in [0.4, 0.5) is 0 Å². The lowest BCUT2D eigenvalue weighted by Gasteiger charge is -2.37. The van der Waals surface area contributed by atoms with E-state index in [1.165, 1.54) is 0 Å². The molecular weight excluding hydrogens is 284 g/mol. The number of β-amino-alcohol motifs (C(OH)–C–C–N with tert-alkyl or cyclic N) is 1. The van der Waals surface area contributed by atoms with Gasteiger partial charge in [0.2, 0.25) is 0 Å². The first-order valence-electron chi connectivity index (χ1n) is 7.26. The van der Waals surface area contributed by atoms with E-state index in [4.69, 9.17) is 18.0 Å². The molecule has 1 saturated heterocycles. The van der Waals surface area contributed by atoms with Crippen LogP contribution < -0.4 is 5.73 Å². The molecule has 0 radical (unpaired) electrons. The van der Waals surface area contributed by atoms with Crippen LogP contribution in [0.15, 0.2) is 18.3 Å². The van der Waals surface area contributed by atoms with Gasteiger partial charge in [-0.15, -0.1) is 0 Å². The Labute approximate surface area is 131 Å². The van der Waals surface area contributed by atoms with Gasteiger partial charge in [0.15, 0.2) is 0 Å². The lowest BCUT2D eigenvalue weighted by Crippen LogP contribution is -2.50. The minimum Gasteiger partial charge on any atom is -0.389 e. The third kappa shape index (κ3) is 5.00. The van der Waals surface area contributed by atoms with Crippen LogP contribution in [0, 0.1) is 0 Å². The van der Waals surface area contributed by atoms with Crippen molar-refractivity contribution in [3.8, 4) is 0 Å². The normalized spacial score (nSPS) is 17.9. The smallest absolute Gasteiger partial charge is 0.123 e. The molecule has 0 amide bonds. The molecule has 21 heavy (non-hydrogen) atoms. The van der Waals surface area contributed by atoms with Crippen molar-refractivity contribution in [1.29, 1.82) is 0 Å².